The molecule has 0 aromatic carbocycles. The fraction of sp³-hybridized carbons (Fsp3) is 0.417. The third-order valence-electron chi connectivity index (χ3n) is 2.69. The Hall–Kier alpha value is -1.22. The number of thiophene rings is 1. The first-order chi connectivity index (χ1) is 9.62. The van der Waals surface area contributed by atoms with Crippen LogP contribution < -0.4 is 10.0 Å². The number of nitrogens with zero attached hydrogens (tertiary/aromatic N) is 1. The molecule has 0 amide bonds. The lowest BCUT2D eigenvalue weighted by atomic mass is 10.4. The van der Waals surface area contributed by atoms with Gasteiger partial charge in [-0.25, -0.2) is 13.1 Å². The number of nitrogens with one attached hydrogen (secondary N) is 3. The maximum atomic E-state index is 12.1. The van der Waals surface area contributed by atoms with Crippen LogP contribution in [-0.2, 0) is 23.1 Å². The van der Waals surface area contributed by atoms with Crippen molar-refractivity contribution in [2.24, 2.45) is 0 Å². The SMILES string of the molecule is CCCNCc1cc(S(=O)(=O)NCc2cn[nH]c2)cs1. The molecule has 0 aliphatic rings. The highest BCUT2D eigenvalue weighted by Gasteiger charge is 2.16. The Morgan fingerprint density at radius 2 is 2.25 bits per heavy atom. The maximum absolute atomic E-state index is 12.1. The lowest BCUT2D eigenvalue weighted by molar-refractivity contribution is 0.581. The Bertz CT molecular complexity index is 620. The number of aromatic amines is 1. The predicted molar refractivity (Wildman–Crippen MR) is 78.9 cm³/mol. The summed E-state index contributed by atoms with van der Waals surface area (Å²) in [4.78, 5) is 1.33. The van der Waals surface area contributed by atoms with E-state index in [0.29, 0.717) is 11.4 Å². The van der Waals surface area contributed by atoms with Crippen LogP contribution in [0.1, 0.15) is 23.8 Å². The minimum atomic E-state index is -3.46. The van der Waals surface area contributed by atoms with Gasteiger partial charge in [0.2, 0.25) is 10.0 Å². The normalized spacial score (nSPS) is 11.8. The monoisotopic (exact) mass is 314 g/mol. The summed E-state index contributed by atoms with van der Waals surface area (Å²) in [7, 11) is -3.46. The molecule has 3 N–H and O–H groups in total. The lowest BCUT2D eigenvalue weighted by Crippen LogP contribution is -2.22. The second-order valence-corrected chi connectivity index (χ2v) is 7.12. The molecule has 2 heterocycles. The van der Waals surface area contributed by atoms with Gasteiger partial charge in [0.25, 0.3) is 0 Å². The molecule has 8 heteroatoms. The molecular weight excluding hydrogens is 296 g/mol. The van der Waals surface area contributed by atoms with Crippen molar-refractivity contribution < 1.29 is 8.42 Å². The van der Waals surface area contributed by atoms with Crippen LogP contribution in [0.5, 0.6) is 0 Å². The van der Waals surface area contributed by atoms with Gasteiger partial charge in [0.05, 0.1) is 11.1 Å². The zero-order valence-corrected chi connectivity index (χ0v) is 12.9. The number of hydrogen-bond donors (Lipinski definition) is 3. The van der Waals surface area contributed by atoms with E-state index in [9.17, 15) is 8.42 Å². The van der Waals surface area contributed by atoms with E-state index in [0.717, 1.165) is 23.4 Å². The van der Waals surface area contributed by atoms with Gasteiger partial charge in [-0.15, -0.1) is 11.3 Å². The molecule has 0 radical (unpaired) electrons. The van der Waals surface area contributed by atoms with Crippen molar-refractivity contribution in [3.63, 3.8) is 0 Å². The van der Waals surface area contributed by atoms with Gasteiger partial charge in [-0.2, -0.15) is 5.10 Å². The first-order valence-corrected chi connectivity index (χ1v) is 8.73. The van der Waals surface area contributed by atoms with Crippen LogP contribution >= 0.6 is 11.3 Å². The summed E-state index contributed by atoms with van der Waals surface area (Å²) in [5.74, 6) is 0. The summed E-state index contributed by atoms with van der Waals surface area (Å²) in [5, 5.41) is 11.3. The van der Waals surface area contributed by atoms with Gasteiger partial charge >= 0.3 is 0 Å². The molecule has 0 saturated heterocycles. The molecule has 0 fully saturated rings. The van der Waals surface area contributed by atoms with Gasteiger partial charge in [-0.1, -0.05) is 6.92 Å². The van der Waals surface area contributed by atoms with Gasteiger partial charge in [0, 0.05) is 35.1 Å². The molecule has 0 atom stereocenters. The van der Waals surface area contributed by atoms with Crippen LogP contribution in [0.25, 0.3) is 0 Å². The standard InChI is InChI=1S/C12H18N4O2S2/c1-2-3-13-8-11-4-12(9-19-11)20(17,18)16-7-10-5-14-15-6-10/h4-6,9,13,16H,2-3,7-8H2,1H3,(H,14,15). The van der Waals surface area contributed by atoms with Gasteiger partial charge in [0.15, 0.2) is 0 Å². The molecule has 0 aliphatic heterocycles. The number of sulfonamides is 1. The van der Waals surface area contributed by atoms with Crippen molar-refractivity contribution in [3.8, 4) is 0 Å². The maximum Gasteiger partial charge on any atom is 0.241 e. The largest absolute Gasteiger partial charge is 0.312 e. The fourth-order valence-corrected chi connectivity index (χ4v) is 3.88. The third-order valence-corrected chi connectivity index (χ3v) is 5.15. The van der Waals surface area contributed by atoms with Crippen LogP contribution in [0.15, 0.2) is 28.7 Å². The Labute approximate surface area is 122 Å². The molecule has 20 heavy (non-hydrogen) atoms. The average Bonchev–Trinajstić information content (AvgIpc) is 3.08. The molecule has 110 valence electrons. The Kier molecular flexibility index (Phi) is 5.30. The molecule has 2 aromatic heterocycles. The van der Waals surface area contributed by atoms with Crippen LogP contribution in [-0.4, -0.2) is 25.2 Å². The van der Waals surface area contributed by atoms with Crippen molar-refractivity contribution >= 4 is 21.4 Å². The Balaban J connectivity index is 1.95. The number of rotatable bonds is 8. The van der Waals surface area contributed by atoms with Crippen molar-refractivity contribution in [1.82, 2.24) is 20.2 Å². The van der Waals surface area contributed by atoms with Crippen molar-refractivity contribution in [2.75, 3.05) is 6.54 Å². The van der Waals surface area contributed by atoms with Crippen LogP contribution in [0.4, 0.5) is 0 Å². The quantitative estimate of drug-likeness (QED) is 0.644. The van der Waals surface area contributed by atoms with E-state index in [1.165, 1.54) is 11.3 Å². The molecule has 2 aromatic rings. The van der Waals surface area contributed by atoms with Gasteiger partial charge in [-0.3, -0.25) is 5.10 Å². The summed E-state index contributed by atoms with van der Waals surface area (Å²) in [5.41, 5.74) is 0.800. The smallest absolute Gasteiger partial charge is 0.241 e. The van der Waals surface area contributed by atoms with Crippen LogP contribution in [0.2, 0.25) is 0 Å². The van der Waals surface area contributed by atoms with Crippen LogP contribution in [0, 0.1) is 0 Å². The number of H-pyrrole nitrogens is 1. The molecule has 2 rings (SSSR count). The van der Waals surface area contributed by atoms with E-state index in [1.807, 2.05) is 0 Å². The van der Waals surface area contributed by atoms with Crippen molar-refractivity contribution in [3.05, 3.63) is 34.3 Å². The molecule has 0 unspecified atom stereocenters. The lowest BCUT2D eigenvalue weighted by Gasteiger charge is -2.03. The summed E-state index contributed by atoms with van der Waals surface area (Å²) in [6.45, 7) is 3.96. The van der Waals surface area contributed by atoms with E-state index in [2.05, 4.69) is 27.2 Å². The highest BCUT2D eigenvalue weighted by Crippen LogP contribution is 2.19. The predicted octanol–water partition coefficient (Wildman–Crippen LogP) is 1.45. The number of hydrogen-bond acceptors (Lipinski definition) is 5. The average molecular weight is 314 g/mol. The summed E-state index contributed by atoms with van der Waals surface area (Å²) in [6.07, 6.45) is 4.31. The highest BCUT2D eigenvalue weighted by atomic mass is 32.2. The highest BCUT2D eigenvalue weighted by molar-refractivity contribution is 7.89. The first-order valence-electron chi connectivity index (χ1n) is 6.37. The van der Waals surface area contributed by atoms with E-state index in [-0.39, 0.29) is 6.54 Å². The molecule has 0 aliphatic carbocycles. The Morgan fingerprint density at radius 3 is 2.95 bits per heavy atom. The second kappa shape index (κ2) is 6.98. The van der Waals surface area contributed by atoms with Gasteiger partial charge in [0.1, 0.15) is 0 Å². The van der Waals surface area contributed by atoms with E-state index < -0.39 is 10.0 Å². The van der Waals surface area contributed by atoms with Crippen molar-refractivity contribution in [1.29, 1.82) is 0 Å². The van der Waals surface area contributed by atoms with Gasteiger partial charge < -0.3 is 5.32 Å². The molecule has 0 saturated carbocycles. The zero-order chi connectivity index (χ0) is 14.4. The first kappa shape index (κ1) is 15.2. The summed E-state index contributed by atoms with van der Waals surface area (Å²) >= 11 is 1.45. The zero-order valence-electron chi connectivity index (χ0n) is 11.2. The van der Waals surface area contributed by atoms with Crippen molar-refractivity contribution in [2.45, 2.75) is 31.3 Å². The minimum Gasteiger partial charge on any atom is -0.312 e. The Morgan fingerprint density at radius 1 is 1.40 bits per heavy atom. The summed E-state index contributed by atoms with van der Waals surface area (Å²) < 4.78 is 26.8. The fourth-order valence-electron chi connectivity index (χ4n) is 1.62. The van der Waals surface area contributed by atoms with E-state index >= 15 is 0 Å². The topological polar surface area (TPSA) is 86.9 Å². The minimum absolute atomic E-state index is 0.234. The summed E-state index contributed by atoms with van der Waals surface area (Å²) in [6, 6.07) is 1.71. The third kappa shape index (κ3) is 4.14. The van der Waals surface area contributed by atoms with E-state index in [1.54, 1.807) is 23.8 Å². The molecule has 0 spiro atoms. The molecule has 0 bridgehead atoms. The number of aromatic nitrogens is 2. The van der Waals surface area contributed by atoms with Gasteiger partial charge in [-0.05, 0) is 19.0 Å². The molecular formula is C12H18N4O2S2. The second-order valence-electron chi connectivity index (χ2n) is 4.36. The van der Waals surface area contributed by atoms with Crippen LogP contribution in [0.3, 0.4) is 0 Å². The van der Waals surface area contributed by atoms with E-state index in [4.69, 9.17) is 0 Å². The molecule has 6 nitrogen and oxygen atoms in total.